The molecule has 0 saturated carbocycles. The highest BCUT2D eigenvalue weighted by Crippen LogP contribution is 2.16. The minimum absolute atomic E-state index is 0.731. The maximum atomic E-state index is 4.64. The largest absolute Gasteiger partial charge is 0.248 e. The first-order valence-electron chi connectivity index (χ1n) is 6.52. The molecule has 0 aromatic heterocycles. The lowest BCUT2D eigenvalue weighted by atomic mass is 10.1. The molecule has 0 saturated heterocycles. The molecule has 0 fully saturated rings. The number of benzene rings is 1. The SMILES string of the molecule is C=C/C=C(\C=C)C(C=C(C)C)=NC(=C)c1ccccc1. The van der Waals surface area contributed by atoms with Crippen LogP contribution in [0, 0.1) is 0 Å². The first kappa shape index (κ1) is 15.6. The molecule has 0 atom stereocenters. The van der Waals surface area contributed by atoms with Gasteiger partial charge in [-0.15, -0.1) is 0 Å². The number of hydrogen-bond acceptors (Lipinski definition) is 1. The molecule has 0 radical (unpaired) electrons. The predicted octanol–water partition coefficient (Wildman–Crippen LogP) is 5.36. The molecule has 0 bridgehead atoms. The minimum atomic E-state index is 0.731. The van der Waals surface area contributed by atoms with Gasteiger partial charge in [0.15, 0.2) is 0 Å². The maximum absolute atomic E-state index is 4.64. The van der Waals surface area contributed by atoms with E-state index in [1.807, 2.05) is 56.3 Å². The molecule has 0 heterocycles. The van der Waals surface area contributed by atoms with Gasteiger partial charge in [0.05, 0.1) is 11.4 Å². The van der Waals surface area contributed by atoms with Gasteiger partial charge in [0.25, 0.3) is 0 Å². The van der Waals surface area contributed by atoms with E-state index in [2.05, 4.69) is 24.7 Å². The second kappa shape index (κ2) is 7.90. The molecule has 0 unspecified atom stereocenters. The number of nitrogens with zero attached hydrogens (tertiary/aromatic N) is 1. The van der Waals surface area contributed by atoms with Crippen molar-refractivity contribution in [2.75, 3.05) is 0 Å². The summed E-state index contributed by atoms with van der Waals surface area (Å²) in [5.41, 5.74) is 4.68. The Balaban J connectivity index is 3.24. The fraction of sp³-hybridized carbons (Fsp3) is 0.105. The first-order valence-corrected chi connectivity index (χ1v) is 6.52. The van der Waals surface area contributed by atoms with Gasteiger partial charge in [-0.25, -0.2) is 4.99 Å². The molecule has 1 heteroatoms. The lowest BCUT2D eigenvalue weighted by Gasteiger charge is -2.06. The minimum Gasteiger partial charge on any atom is -0.248 e. The standard InChI is InChI=1S/C19H21N/c1-6-11-17(7-2)19(14-15(3)4)20-16(5)18-12-9-8-10-13-18/h6-14H,1-2,5H2,3-4H3/b17-11+,20-19?. The number of allylic oxidation sites excluding steroid dienone is 6. The van der Waals surface area contributed by atoms with Gasteiger partial charge in [-0.05, 0) is 31.1 Å². The van der Waals surface area contributed by atoms with Crippen LogP contribution in [0.5, 0.6) is 0 Å². The van der Waals surface area contributed by atoms with E-state index in [1.165, 1.54) is 5.57 Å². The second-order valence-corrected chi connectivity index (χ2v) is 4.59. The van der Waals surface area contributed by atoms with Crippen molar-refractivity contribution in [1.82, 2.24) is 0 Å². The molecular weight excluding hydrogens is 242 g/mol. The molecule has 0 aliphatic rings. The Morgan fingerprint density at radius 1 is 1.10 bits per heavy atom. The second-order valence-electron chi connectivity index (χ2n) is 4.59. The zero-order valence-electron chi connectivity index (χ0n) is 12.3. The van der Waals surface area contributed by atoms with Crippen molar-refractivity contribution in [2.24, 2.45) is 4.99 Å². The topological polar surface area (TPSA) is 12.4 Å². The highest BCUT2D eigenvalue weighted by molar-refractivity contribution is 6.12. The summed E-state index contributed by atoms with van der Waals surface area (Å²) < 4.78 is 0. The normalized spacial score (nSPS) is 11.7. The zero-order valence-corrected chi connectivity index (χ0v) is 12.3. The van der Waals surface area contributed by atoms with Crippen molar-refractivity contribution < 1.29 is 0 Å². The fourth-order valence-corrected chi connectivity index (χ4v) is 1.68. The molecular formula is C19H21N. The van der Waals surface area contributed by atoms with E-state index < -0.39 is 0 Å². The van der Waals surface area contributed by atoms with Crippen LogP contribution in [0.25, 0.3) is 5.70 Å². The van der Waals surface area contributed by atoms with Gasteiger partial charge in [0.1, 0.15) is 0 Å². The molecule has 0 spiro atoms. The molecule has 102 valence electrons. The van der Waals surface area contributed by atoms with Crippen molar-refractivity contribution in [1.29, 1.82) is 0 Å². The summed E-state index contributed by atoms with van der Waals surface area (Å²) >= 11 is 0. The summed E-state index contributed by atoms with van der Waals surface area (Å²) in [6.07, 6.45) is 7.42. The highest BCUT2D eigenvalue weighted by Gasteiger charge is 2.03. The van der Waals surface area contributed by atoms with E-state index in [4.69, 9.17) is 0 Å². The quantitative estimate of drug-likeness (QED) is 0.484. The average Bonchev–Trinajstić information content (AvgIpc) is 2.44. The van der Waals surface area contributed by atoms with Gasteiger partial charge in [-0.3, -0.25) is 0 Å². The van der Waals surface area contributed by atoms with E-state index in [1.54, 1.807) is 12.2 Å². The number of aliphatic imine (C=N–C) groups is 1. The highest BCUT2D eigenvalue weighted by atomic mass is 14.8. The smallest absolute Gasteiger partial charge is 0.0708 e. The van der Waals surface area contributed by atoms with Crippen molar-refractivity contribution >= 4 is 11.4 Å². The lowest BCUT2D eigenvalue weighted by Crippen LogP contribution is -1.98. The molecule has 0 N–H and O–H groups in total. The van der Waals surface area contributed by atoms with Gasteiger partial charge < -0.3 is 0 Å². The van der Waals surface area contributed by atoms with E-state index in [0.717, 1.165) is 22.5 Å². The van der Waals surface area contributed by atoms with Gasteiger partial charge in [-0.2, -0.15) is 0 Å². The van der Waals surface area contributed by atoms with Gasteiger partial charge in [0.2, 0.25) is 0 Å². The van der Waals surface area contributed by atoms with Gasteiger partial charge in [-0.1, -0.05) is 73.9 Å². The van der Waals surface area contributed by atoms with Crippen LogP contribution < -0.4 is 0 Å². The zero-order chi connectivity index (χ0) is 15.0. The first-order chi connectivity index (χ1) is 9.58. The third-order valence-electron chi connectivity index (χ3n) is 2.60. The van der Waals surface area contributed by atoms with E-state index in [0.29, 0.717) is 0 Å². The number of rotatable bonds is 6. The third kappa shape index (κ3) is 4.69. The Labute approximate surface area is 122 Å². The van der Waals surface area contributed by atoms with E-state index >= 15 is 0 Å². The summed E-state index contributed by atoms with van der Waals surface area (Å²) in [6, 6.07) is 9.92. The Kier molecular flexibility index (Phi) is 6.18. The van der Waals surface area contributed by atoms with E-state index in [-0.39, 0.29) is 0 Å². The van der Waals surface area contributed by atoms with Crippen LogP contribution in [0.3, 0.4) is 0 Å². The monoisotopic (exact) mass is 263 g/mol. The van der Waals surface area contributed by atoms with Crippen LogP contribution in [0.15, 0.2) is 90.5 Å². The van der Waals surface area contributed by atoms with E-state index in [9.17, 15) is 0 Å². The van der Waals surface area contributed by atoms with Crippen molar-refractivity contribution in [2.45, 2.75) is 13.8 Å². The summed E-state index contributed by atoms with van der Waals surface area (Å²) in [7, 11) is 0. The van der Waals surface area contributed by atoms with Crippen LogP contribution in [-0.2, 0) is 0 Å². The van der Waals surface area contributed by atoms with Crippen LogP contribution in [-0.4, -0.2) is 5.71 Å². The van der Waals surface area contributed by atoms with Crippen molar-refractivity contribution in [3.05, 3.63) is 91.1 Å². The van der Waals surface area contributed by atoms with Crippen molar-refractivity contribution in [3.63, 3.8) is 0 Å². The molecule has 0 amide bonds. The average molecular weight is 263 g/mol. The Morgan fingerprint density at radius 2 is 1.75 bits per heavy atom. The summed E-state index contributed by atoms with van der Waals surface area (Å²) in [4.78, 5) is 4.64. The molecule has 1 aromatic rings. The van der Waals surface area contributed by atoms with Gasteiger partial charge >= 0.3 is 0 Å². The molecule has 0 aliphatic carbocycles. The fourth-order valence-electron chi connectivity index (χ4n) is 1.68. The third-order valence-corrected chi connectivity index (χ3v) is 2.60. The van der Waals surface area contributed by atoms with Crippen LogP contribution in [0.2, 0.25) is 0 Å². The molecule has 0 aliphatic heterocycles. The van der Waals surface area contributed by atoms with Crippen LogP contribution in [0.1, 0.15) is 19.4 Å². The lowest BCUT2D eigenvalue weighted by molar-refractivity contribution is 1.39. The summed E-state index contributed by atoms with van der Waals surface area (Å²) in [5.74, 6) is 0. The van der Waals surface area contributed by atoms with Crippen LogP contribution >= 0.6 is 0 Å². The number of hydrogen-bond donors (Lipinski definition) is 0. The van der Waals surface area contributed by atoms with Gasteiger partial charge in [0, 0.05) is 0 Å². The van der Waals surface area contributed by atoms with Crippen molar-refractivity contribution in [3.8, 4) is 0 Å². The molecule has 20 heavy (non-hydrogen) atoms. The molecule has 1 rings (SSSR count). The Hall–Kier alpha value is -2.41. The maximum Gasteiger partial charge on any atom is 0.0708 e. The predicted molar refractivity (Wildman–Crippen MR) is 90.8 cm³/mol. The molecule has 1 aromatic carbocycles. The van der Waals surface area contributed by atoms with Crippen LogP contribution in [0.4, 0.5) is 0 Å². The Bertz CT molecular complexity index is 579. The molecule has 1 nitrogen and oxygen atoms in total. The Morgan fingerprint density at radius 3 is 2.25 bits per heavy atom. The summed E-state index contributed by atoms with van der Waals surface area (Å²) in [5, 5.41) is 0. The summed E-state index contributed by atoms with van der Waals surface area (Å²) in [6.45, 7) is 15.7.